The smallest absolute Gasteiger partial charge is 0.233 e. The van der Waals surface area contributed by atoms with Crippen molar-refractivity contribution in [3.63, 3.8) is 0 Å². The van der Waals surface area contributed by atoms with Gasteiger partial charge in [-0.2, -0.15) is 0 Å². The molecule has 2 fully saturated rings. The lowest BCUT2D eigenvalue weighted by Gasteiger charge is -2.33. The summed E-state index contributed by atoms with van der Waals surface area (Å²) >= 11 is 2.68. The van der Waals surface area contributed by atoms with Gasteiger partial charge in [0, 0.05) is 32.6 Å². The highest BCUT2D eigenvalue weighted by Gasteiger charge is 2.25. The van der Waals surface area contributed by atoms with Gasteiger partial charge in [0.2, 0.25) is 16.9 Å². The van der Waals surface area contributed by atoms with Crippen LogP contribution in [0.15, 0.2) is 4.34 Å². The molecule has 2 amide bonds. The predicted octanol–water partition coefficient (Wildman–Crippen LogP) is 1.09. The Bertz CT molecular complexity index is 621. The Labute approximate surface area is 161 Å². The summed E-state index contributed by atoms with van der Waals surface area (Å²) in [6, 6.07) is 0. The molecule has 2 saturated heterocycles. The summed E-state index contributed by atoms with van der Waals surface area (Å²) < 4.78 is 6.01. The van der Waals surface area contributed by atoms with Crippen LogP contribution in [0, 0.1) is 5.92 Å². The summed E-state index contributed by atoms with van der Waals surface area (Å²) in [7, 11) is 0. The summed E-state index contributed by atoms with van der Waals surface area (Å²) in [6.07, 6.45) is 3.49. The Morgan fingerprint density at radius 1 is 1.19 bits per heavy atom. The van der Waals surface area contributed by atoms with Crippen LogP contribution in [0.4, 0.5) is 5.13 Å². The Kier molecular flexibility index (Phi) is 7.09. The highest BCUT2D eigenvalue weighted by Crippen LogP contribution is 2.26. The molecule has 2 aliphatic heterocycles. The number of anilines is 1. The lowest BCUT2D eigenvalue weighted by Crippen LogP contribution is -2.42. The molecule has 0 aliphatic carbocycles. The van der Waals surface area contributed by atoms with Crippen molar-refractivity contribution >= 4 is 40.0 Å². The second-order valence-corrected chi connectivity index (χ2v) is 8.81. The zero-order valence-electron chi connectivity index (χ0n) is 14.8. The molecule has 144 valence electrons. The maximum absolute atomic E-state index is 12.5. The van der Waals surface area contributed by atoms with Gasteiger partial charge in [-0.05, 0) is 25.2 Å². The number of hydrogen-bond donors (Lipinski definition) is 1. The van der Waals surface area contributed by atoms with E-state index in [1.807, 2.05) is 9.80 Å². The summed E-state index contributed by atoms with van der Waals surface area (Å²) in [5.41, 5.74) is 5.56. The van der Waals surface area contributed by atoms with Crippen LogP contribution < -0.4 is 5.73 Å². The normalized spacial score (nSPS) is 21.0. The Morgan fingerprint density at radius 3 is 2.73 bits per heavy atom. The van der Waals surface area contributed by atoms with E-state index >= 15 is 0 Å². The number of carbonyl (C=O) groups excluding carboxylic acids is 2. The van der Waals surface area contributed by atoms with Gasteiger partial charge in [-0.1, -0.05) is 23.1 Å². The van der Waals surface area contributed by atoms with Gasteiger partial charge in [-0.15, -0.1) is 10.2 Å². The number of nitrogens with zero attached hydrogens (tertiary/aromatic N) is 4. The number of piperidine rings is 1. The van der Waals surface area contributed by atoms with Gasteiger partial charge < -0.3 is 20.3 Å². The molecule has 10 heteroatoms. The van der Waals surface area contributed by atoms with E-state index in [1.165, 1.54) is 23.1 Å². The molecule has 2 aliphatic rings. The topological polar surface area (TPSA) is 102 Å². The van der Waals surface area contributed by atoms with Crippen LogP contribution in [0.2, 0.25) is 0 Å². The largest absolute Gasteiger partial charge is 0.378 e. The van der Waals surface area contributed by atoms with Crippen molar-refractivity contribution in [2.75, 3.05) is 50.9 Å². The highest BCUT2D eigenvalue weighted by atomic mass is 32.2. The summed E-state index contributed by atoms with van der Waals surface area (Å²) in [5.74, 6) is 1.09. The van der Waals surface area contributed by atoms with Crippen LogP contribution >= 0.6 is 23.1 Å². The zero-order chi connectivity index (χ0) is 18.4. The number of likely N-dealkylation sites (tertiary alicyclic amines) is 1. The van der Waals surface area contributed by atoms with Gasteiger partial charge in [0.25, 0.3) is 0 Å². The number of morpholine rings is 1. The van der Waals surface area contributed by atoms with Crippen molar-refractivity contribution in [1.82, 2.24) is 20.0 Å². The van der Waals surface area contributed by atoms with E-state index in [2.05, 4.69) is 10.2 Å². The molecule has 0 saturated carbocycles. The van der Waals surface area contributed by atoms with Crippen LogP contribution in [0.5, 0.6) is 0 Å². The molecule has 2 N–H and O–H groups in total. The SMILES string of the molecule is Nc1nnc(SCC(=O)N2CCCC(CCC(=O)N3CCOCC3)C2)s1. The molecular weight excluding hydrogens is 374 g/mol. The molecule has 1 aromatic heterocycles. The predicted molar refractivity (Wildman–Crippen MR) is 101 cm³/mol. The fourth-order valence-electron chi connectivity index (χ4n) is 3.32. The van der Waals surface area contributed by atoms with Gasteiger partial charge in [-0.25, -0.2) is 0 Å². The fraction of sp³-hybridized carbons (Fsp3) is 0.750. The zero-order valence-corrected chi connectivity index (χ0v) is 16.4. The van der Waals surface area contributed by atoms with Crippen molar-refractivity contribution in [2.45, 2.75) is 30.0 Å². The van der Waals surface area contributed by atoms with Crippen LogP contribution in [0.3, 0.4) is 0 Å². The average Bonchev–Trinajstić information content (AvgIpc) is 3.10. The summed E-state index contributed by atoms with van der Waals surface area (Å²) in [6.45, 7) is 4.20. The number of rotatable bonds is 6. The minimum absolute atomic E-state index is 0.118. The molecule has 0 spiro atoms. The molecule has 1 unspecified atom stereocenters. The van der Waals surface area contributed by atoms with Gasteiger partial charge in [-0.3, -0.25) is 9.59 Å². The summed E-state index contributed by atoms with van der Waals surface area (Å²) in [4.78, 5) is 28.5. The molecule has 0 radical (unpaired) electrons. The molecule has 26 heavy (non-hydrogen) atoms. The summed E-state index contributed by atoms with van der Waals surface area (Å²) in [5, 5.41) is 8.10. The Balaban J connectivity index is 1.40. The molecule has 1 aromatic rings. The number of nitrogens with two attached hydrogens (primary N) is 1. The lowest BCUT2D eigenvalue weighted by atomic mass is 9.93. The van der Waals surface area contributed by atoms with Crippen molar-refractivity contribution in [1.29, 1.82) is 0 Å². The van der Waals surface area contributed by atoms with Gasteiger partial charge in [0.05, 0.1) is 19.0 Å². The fourth-order valence-corrected chi connectivity index (χ4v) is 4.86. The van der Waals surface area contributed by atoms with Gasteiger partial charge >= 0.3 is 0 Å². The van der Waals surface area contributed by atoms with E-state index in [4.69, 9.17) is 10.5 Å². The van der Waals surface area contributed by atoms with E-state index in [-0.39, 0.29) is 11.8 Å². The molecule has 8 nitrogen and oxygen atoms in total. The van der Waals surface area contributed by atoms with Crippen LogP contribution in [-0.4, -0.2) is 77.0 Å². The number of ether oxygens (including phenoxy) is 1. The number of nitrogen functional groups attached to an aromatic ring is 1. The molecule has 1 atom stereocenters. The van der Waals surface area contributed by atoms with E-state index in [1.54, 1.807) is 0 Å². The van der Waals surface area contributed by atoms with E-state index in [0.29, 0.717) is 49.5 Å². The first-order valence-electron chi connectivity index (χ1n) is 8.97. The Morgan fingerprint density at radius 2 is 2.00 bits per heavy atom. The maximum atomic E-state index is 12.5. The number of aromatic nitrogens is 2. The minimum atomic E-state index is 0.118. The third-order valence-corrected chi connectivity index (χ3v) is 6.61. The highest BCUT2D eigenvalue weighted by molar-refractivity contribution is 8.01. The van der Waals surface area contributed by atoms with Crippen LogP contribution in [0.25, 0.3) is 0 Å². The third-order valence-electron chi connectivity index (χ3n) is 4.74. The van der Waals surface area contributed by atoms with Gasteiger partial charge in [0.1, 0.15) is 0 Å². The van der Waals surface area contributed by atoms with E-state index in [0.717, 1.165) is 36.7 Å². The lowest BCUT2D eigenvalue weighted by molar-refractivity contribution is -0.135. The second kappa shape index (κ2) is 9.52. The van der Waals surface area contributed by atoms with E-state index < -0.39 is 0 Å². The first-order chi connectivity index (χ1) is 12.6. The first kappa shape index (κ1) is 19.4. The van der Waals surface area contributed by atoms with Crippen molar-refractivity contribution in [3.05, 3.63) is 0 Å². The van der Waals surface area contributed by atoms with Crippen molar-refractivity contribution in [3.8, 4) is 0 Å². The molecule has 3 heterocycles. The first-order valence-corrected chi connectivity index (χ1v) is 10.8. The van der Waals surface area contributed by atoms with E-state index in [9.17, 15) is 9.59 Å². The van der Waals surface area contributed by atoms with Crippen LogP contribution in [-0.2, 0) is 14.3 Å². The minimum Gasteiger partial charge on any atom is -0.378 e. The second-order valence-electron chi connectivity index (χ2n) is 6.57. The average molecular weight is 400 g/mol. The number of hydrogen-bond acceptors (Lipinski definition) is 8. The van der Waals surface area contributed by atoms with Gasteiger partial charge in [0.15, 0.2) is 4.34 Å². The number of carbonyl (C=O) groups is 2. The molecular formula is C16H25N5O3S2. The quantitative estimate of drug-likeness (QED) is 0.715. The molecule has 3 rings (SSSR count). The Hall–Kier alpha value is -1.39. The molecule has 0 aromatic carbocycles. The van der Waals surface area contributed by atoms with Crippen LogP contribution in [0.1, 0.15) is 25.7 Å². The maximum Gasteiger partial charge on any atom is 0.233 e. The third kappa shape index (κ3) is 5.55. The standard InChI is InChI=1S/C16H25N5O3S2/c17-15-18-19-16(26-15)25-11-14(23)21-5-1-2-12(10-21)3-4-13(22)20-6-8-24-9-7-20/h12H,1-11H2,(H2,17,18). The van der Waals surface area contributed by atoms with Crippen molar-refractivity contribution in [2.24, 2.45) is 5.92 Å². The number of amides is 2. The number of thioether (sulfide) groups is 1. The monoisotopic (exact) mass is 399 g/mol. The molecule has 0 bridgehead atoms. The van der Waals surface area contributed by atoms with Crippen molar-refractivity contribution < 1.29 is 14.3 Å².